The van der Waals surface area contributed by atoms with Crippen molar-refractivity contribution in [2.75, 3.05) is 11.5 Å². The summed E-state index contributed by atoms with van der Waals surface area (Å²) in [6, 6.07) is 0. The summed E-state index contributed by atoms with van der Waals surface area (Å²) < 4.78 is 25.7. The average molecular weight is 333 g/mol. The van der Waals surface area contributed by atoms with Crippen molar-refractivity contribution >= 4 is 27.6 Å². The van der Waals surface area contributed by atoms with E-state index in [0.717, 1.165) is 24.0 Å². The van der Waals surface area contributed by atoms with Crippen molar-refractivity contribution < 1.29 is 18.3 Å². The van der Waals surface area contributed by atoms with E-state index in [1.807, 2.05) is 6.92 Å². The van der Waals surface area contributed by atoms with Crippen molar-refractivity contribution in [2.45, 2.75) is 49.6 Å². The number of carbonyl (C=O) groups is 1. The summed E-state index contributed by atoms with van der Waals surface area (Å²) in [4.78, 5) is 10.7. The van der Waals surface area contributed by atoms with Crippen LogP contribution in [0.4, 0.5) is 0 Å². The predicted molar refractivity (Wildman–Crippen MR) is 79.2 cm³/mol. The number of rotatable bonds is 7. The standard InChI is InChI=1S/C12H19N3O4S2/c1-2-4-10-13-14-12(20-8-11(16)17)15(10)7-9-5-3-6-21(9,18)19/h9H,2-8H2,1H3,(H,16,17). The Labute approximate surface area is 128 Å². The second-order valence-electron chi connectivity index (χ2n) is 5.07. The fourth-order valence-corrected chi connectivity index (χ4v) is 4.90. The molecule has 1 atom stereocenters. The fourth-order valence-electron chi connectivity index (χ4n) is 2.41. The summed E-state index contributed by atoms with van der Waals surface area (Å²) >= 11 is 1.08. The monoisotopic (exact) mass is 333 g/mol. The Kier molecular flexibility index (Phi) is 5.26. The number of hydrogen-bond acceptors (Lipinski definition) is 6. The lowest BCUT2D eigenvalue weighted by molar-refractivity contribution is -0.133. The van der Waals surface area contributed by atoms with Crippen molar-refractivity contribution in [1.29, 1.82) is 0 Å². The first kappa shape index (κ1) is 16.3. The molecule has 1 aromatic heterocycles. The van der Waals surface area contributed by atoms with E-state index in [0.29, 0.717) is 31.0 Å². The van der Waals surface area contributed by atoms with E-state index in [2.05, 4.69) is 10.2 Å². The van der Waals surface area contributed by atoms with Crippen LogP contribution in [-0.2, 0) is 27.6 Å². The van der Waals surface area contributed by atoms with Crippen LogP contribution in [-0.4, -0.2) is 51.0 Å². The highest BCUT2D eigenvalue weighted by molar-refractivity contribution is 7.99. The highest BCUT2D eigenvalue weighted by Gasteiger charge is 2.32. The van der Waals surface area contributed by atoms with Gasteiger partial charge in [0, 0.05) is 13.0 Å². The number of nitrogens with zero attached hydrogens (tertiary/aromatic N) is 3. The van der Waals surface area contributed by atoms with Crippen molar-refractivity contribution in [3.8, 4) is 0 Å². The van der Waals surface area contributed by atoms with Crippen molar-refractivity contribution in [1.82, 2.24) is 14.8 Å². The normalized spacial score (nSPS) is 20.7. The van der Waals surface area contributed by atoms with Crippen molar-refractivity contribution in [2.24, 2.45) is 0 Å². The molecule has 1 saturated heterocycles. The second kappa shape index (κ2) is 6.78. The molecule has 2 rings (SSSR count). The van der Waals surface area contributed by atoms with E-state index < -0.39 is 21.1 Å². The van der Waals surface area contributed by atoms with Crippen LogP contribution in [0.15, 0.2) is 5.16 Å². The van der Waals surface area contributed by atoms with Crippen LogP contribution in [0.3, 0.4) is 0 Å². The third-order valence-electron chi connectivity index (χ3n) is 3.44. The molecule has 0 spiro atoms. The number of aromatic nitrogens is 3. The highest BCUT2D eigenvalue weighted by Crippen LogP contribution is 2.25. The molecular formula is C12H19N3O4S2. The summed E-state index contributed by atoms with van der Waals surface area (Å²) in [5.41, 5.74) is 0. The van der Waals surface area contributed by atoms with Crippen molar-refractivity contribution in [3.63, 3.8) is 0 Å². The third kappa shape index (κ3) is 3.97. The first-order valence-electron chi connectivity index (χ1n) is 6.92. The van der Waals surface area contributed by atoms with Gasteiger partial charge in [0.1, 0.15) is 5.82 Å². The molecule has 1 unspecified atom stereocenters. The smallest absolute Gasteiger partial charge is 0.313 e. The van der Waals surface area contributed by atoms with Crippen LogP contribution in [0, 0.1) is 0 Å². The number of carboxylic acids is 1. The Morgan fingerprint density at radius 2 is 2.24 bits per heavy atom. The molecule has 1 fully saturated rings. The topological polar surface area (TPSA) is 102 Å². The maximum absolute atomic E-state index is 12.0. The molecule has 1 aromatic rings. The highest BCUT2D eigenvalue weighted by atomic mass is 32.2. The van der Waals surface area contributed by atoms with Crippen LogP contribution in [0.2, 0.25) is 0 Å². The van der Waals surface area contributed by atoms with E-state index in [9.17, 15) is 13.2 Å². The van der Waals surface area contributed by atoms with Crippen LogP contribution >= 0.6 is 11.8 Å². The lowest BCUT2D eigenvalue weighted by atomic mass is 10.2. The third-order valence-corrected chi connectivity index (χ3v) is 6.65. The molecule has 0 amide bonds. The van der Waals surface area contributed by atoms with E-state index >= 15 is 0 Å². The Balaban J connectivity index is 2.21. The van der Waals surface area contributed by atoms with Crippen LogP contribution in [0.25, 0.3) is 0 Å². The van der Waals surface area contributed by atoms with Gasteiger partial charge in [-0.05, 0) is 19.3 Å². The quantitative estimate of drug-likeness (QED) is 0.742. The minimum Gasteiger partial charge on any atom is -0.481 e. The first-order valence-corrected chi connectivity index (χ1v) is 9.62. The fraction of sp³-hybridized carbons (Fsp3) is 0.750. The zero-order valence-corrected chi connectivity index (χ0v) is 13.5. The summed E-state index contributed by atoms with van der Waals surface area (Å²) in [7, 11) is -3.04. The van der Waals surface area contributed by atoms with Gasteiger partial charge in [0.25, 0.3) is 0 Å². The maximum Gasteiger partial charge on any atom is 0.313 e. The molecule has 0 radical (unpaired) electrons. The van der Waals surface area contributed by atoms with Gasteiger partial charge in [-0.1, -0.05) is 18.7 Å². The molecular weight excluding hydrogens is 314 g/mol. The molecule has 1 N–H and O–H groups in total. The average Bonchev–Trinajstić information content (AvgIpc) is 2.93. The molecule has 1 aliphatic heterocycles. The van der Waals surface area contributed by atoms with Gasteiger partial charge in [0.05, 0.1) is 16.8 Å². The Morgan fingerprint density at radius 3 is 2.81 bits per heavy atom. The molecule has 0 bridgehead atoms. The number of sulfone groups is 1. The number of aryl methyl sites for hydroxylation is 1. The molecule has 2 heterocycles. The van der Waals surface area contributed by atoms with Crippen LogP contribution < -0.4 is 0 Å². The molecule has 1 aliphatic rings. The maximum atomic E-state index is 12.0. The predicted octanol–water partition coefficient (Wildman–Crippen LogP) is 0.985. The summed E-state index contributed by atoms with van der Waals surface area (Å²) in [5.74, 6) is -0.0742. The Morgan fingerprint density at radius 1 is 1.48 bits per heavy atom. The molecule has 118 valence electrons. The lowest BCUT2D eigenvalue weighted by Gasteiger charge is -2.14. The van der Waals surface area contributed by atoms with Crippen LogP contribution in [0.1, 0.15) is 32.0 Å². The largest absolute Gasteiger partial charge is 0.481 e. The van der Waals surface area contributed by atoms with Gasteiger partial charge in [0.15, 0.2) is 15.0 Å². The zero-order chi connectivity index (χ0) is 15.5. The minimum absolute atomic E-state index is 0.109. The molecule has 7 nitrogen and oxygen atoms in total. The number of thioether (sulfide) groups is 1. The minimum atomic E-state index is -3.04. The first-order chi connectivity index (χ1) is 9.94. The summed E-state index contributed by atoms with van der Waals surface area (Å²) in [6.07, 6.45) is 2.91. The molecule has 0 saturated carbocycles. The van der Waals surface area contributed by atoms with Crippen LogP contribution in [0.5, 0.6) is 0 Å². The molecule has 0 aromatic carbocycles. The Hall–Kier alpha value is -1.09. The van der Waals surface area contributed by atoms with Gasteiger partial charge in [0.2, 0.25) is 0 Å². The van der Waals surface area contributed by atoms with E-state index in [4.69, 9.17) is 5.11 Å². The number of carboxylic acid groups (broad SMARTS) is 1. The SMILES string of the molecule is CCCc1nnc(SCC(=O)O)n1CC1CCCS1(=O)=O. The summed E-state index contributed by atoms with van der Waals surface area (Å²) in [5, 5.41) is 16.9. The number of aliphatic carboxylic acids is 1. The van der Waals surface area contributed by atoms with Gasteiger partial charge < -0.3 is 9.67 Å². The molecule has 9 heteroatoms. The van der Waals surface area contributed by atoms with E-state index in [-0.39, 0.29) is 11.5 Å². The van der Waals surface area contributed by atoms with Gasteiger partial charge in [-0.2, -0.15) is 0 Å². The van der Waals surface area contributed by atoms with Gasteiger partial charge in [-0.3, -0.25) is 4.79 Å². The van der Waals surface area contributed by atoms with Gasteiger partial charge in [-0.15, -0.1) is 10.2 Å². The van der Waals surface area contributed by atoms with Crippen molar-refractivity contribution in [3.05, 3.63) is 5.82 Å². The molecule has 0 aliphatic carbocycles. The van der Waals surface area contributed by atoms with Gasteiger partial charge >= 0.3 is 5.97 Å². The Bertz CT molecular complexity index is 612. The molecule has 21 heavy (non-hydrogen) atoms. The zero-order valence-electron chi connectivity index (χ0n) is 11.9. The number of hydrogen-bond donors (Lipinski definition) is 1. The van der Waals surface area contributed by atoms with E-state index in [1.165, 1.54) is 0 Å². The summed E-state index contributed by atoms with van der Waals surface area (Å²) in [6.45, 7) is 2.34. The second-order valence-corrected chi connectivity index (χ2v) is 8.42. The van der Waals surface area contributed by atoms with Gasteiger partial charge in [-0.25, -0.2) is 8.42 Å². The lowest BCUT2D eigenvalue weighted by Crippen LogP contribution is -2.24. The van der Waals surface area contributed by atoms with E-state index in [1.54, 1.807) is 4.57 Å².